The number of carbonyl (C=O) groups is 2. The summed E-state index contributed by atoms with van der Waals surface area (Å²) in [5.74, 6) is -3.66. The number of anilines is 1. The molecule has 0 radical (unpaired) electrons. The van der Waals surface area contributed by atoms with E-state index < -0.39 is 57.1 Å². The summed E-state index contributed by atoms with van der Waals surface area (Å²) in [6, 6.07) is 0.586. The molecule has 0 aromatic carbocycles. The van der Waals surface area contributed by atoms with Gasteiger partial charge in [0, 0.05) is 25.6 Å². The Morgan fingerprint density at radius 3 is 2.65 bits per heavy atom. The maximum atomic E-state index is 13.0. The van der Waals surface area contributed by atoms with Gasteiger partial charge < -0.3 is 15.4 Å². The predicted octanol–water partition coefficient (Wildman–Crippen LogP) is 0.988. The lowest BCUT2D eigenvalue weighted by molar-refractivity contribution is -0.394. The van der Waals surface area contributed by atoms with Crippen molar-refractivity contribution in [3.05, 3.63) is 32.5 Å². The third kappa shape index (κ3) is 4.80. The highest BCUT2D eigenvalue weighted by Gasteiger charge is 2.54. The van der Waals surface area contributed by atoms with Gasteiger partial charge in [0.2, 0.25) is 11.7 Å². The van der Waals surface area contributed by atoms with Gasteiger partial charge >= 0.3 is 17.8 Å². The van der Waals surface area contributed by atoms with E-state index in [0.29, 0.717) is 0 Å². The maximum Gasteiger partial charge on any atom is 0.491 e. The average Bonchev–Trinajstić information content (AvgIpc) is 3.40. The first-order chi connectivity index (χ1) is 15.9. The number of halogens is 3. The molecule has 1 amide bonds. The molecule has 14 nitrogen and oxygen atoms in total. The zero-order valence-electron chi connectivity index (χ0n) is 17.1. The Morgan fingerprint density at radius 1 is 1.35 bits per heavy atom. The third-order valence-corrected chi connectivity index (χ3v) is 5.30. The monoisotopic (exact) mass is 487 g/mol. The third-order valence-electron chi connectivity index (χ3n) is 5.30. The van der Waals surface area contributed by atoms with Crippen LogP contribution in [0.15, 0.2) is 12.3 Å². The van der Waals surface area contributed by atoms with Crippen LogP contribution in [-0.2, 0) is 14.3 Å². The van der Waals surface area contributed by atoms with Crippen molar-refractivity contribution >= 4 is 29.1 Å². The number of alkyl halides is 3. The fraction of sp³-hybridized carbons (Fsp3) is 0.529. The highest BCUT2D eigenvalue weighted by molar-refractivity contribution is 5.85. The Bertz CT molecular complexity index is 1080. The molecule has 182 valence electrons. The highest BCUT2D eigenvalue weighted by Crippen LogP contribution is 2.34. The van der Waals surface area contributed by atoms with Gasteiger partial charge in [-0.3, -0.25) is 29.9 Å². The molecule has 2 fully saturated rings. The number of nitrogens with zero attached hydrogens (tertiary/aromatic N) is 5. The zero-order chi connectivity index (χ0) is 25.3. The smallest absolute Gasteiger partial charge is 0.418 e. The number of nitro groups is 2. The molecule has 2 aliphatic heterocycles. The molecule has 3 rings (SSSR count). The second kappa shape index (κ2) is 9.05. The highest BCUT2D eigenvalue weighted by atomic mass is 19.4. The number of nitriles is 1. The topological polar surface area (TPSA) is 194 Å². The van der Waals surface area contributed by atoms with Crippen molar-refractivity contribution in [3.63, 3.8) is 0 Å². The van der Waals surface area contributed by atoms with E-state index >= 15 is 0 Å². The largest absolute Gasteiger partial charge is 0.491 e. The van der Waals surface area contributed by atoms with Gasteiger partial charge in [-0.15, -0.1) is 0 Å². The van der Waals surface area contributed by atoms with E-state index in [1.807, 2.05) is 0 Å². The van der Waals surface area contributed by atoms with Gasteiger partial charge in [-0.1, -0.05) is 0 Å². The van der Waals surface area contributed by atoms with Crippen LogP contribution >= 0.6 is 0 Å². The van der Waals surface area contributed by atoms with Crippen molar-refractivity contribution in [1.29, 1.82) is 5.26 Å². The Kier molecular flexibility index (Phi) is 6.54. The van der Waals surface area contributed by atoms with Crippen LogP contribution in [0.3, 0.4) is 0 Å². The van der Waals surface area contributed by atoms with Crippen LogP contribution in [0.1, 0.15) is 19.3 Å². The van der Waals surface area contributed by atoms with Crippen molar-refractivity contribution in [3.8, 4) is 6.07 Å². The fourth-order valence-corrected chi connectivity index (χ4v) is 3.74. The number of pyridine rings is 1. The second-order valence-electron chi connectivity index (χ2n) is 7.49. The number of esters is 1. The molecule has 1 aromatic heterocycles. The van der Waals surface area contributed by atoms with Crippen LogP contribution in [0.2, 0.25) is 0 Å². The summed E-state index contributed by atoms with van der Waals surface area (Å²) in [6.07, 6.45) is -4.73. The summed E-state index contributed by atoms with van der Waals surface area (Å²) in [5, 5.41) is 37.0. The number of hydrogen-bond donors (Lipinski definition) is 2. The van der Waals surface area contributed by atoms with Crippen LogP contribution in [0.4, 0.5) is 30.4 Å². The minimum atomic E-state index is -5.35. The number of amides is 1. The van der Waals surface area contributed by atoms with Gasteiger partial charge in [0.1, 0.15) is 12.3 Å². The van der Waals surface area contributed by atoms with Gasteiger partial charge in [0.05, 0.1) is 22.0 Å². The van der Waals surface area contributed by atoms with E-state index in [4.69, 9.17) is 0 Å². The molecule has 2 N–H and O–H groups in total. The van der Waals surface area contributed by atoms with Gasteiger partial charge in [0.25, 0.3) is 11.4 Å². The molecule has 3 heterocycles. The van der Waals surface area contributed by atoms with E-state index in [0.717, 1.165) is 17.2 Å². The predicted molar refractivity (Wildman–Crippen MR) is 103 cm³/mol. The van der Waals surface area contributed by atoms with Crippen molar-refractivity contribution in [1.82, 2.24) is 15.2 Å². The summed E-state index contributed by atoms with van der Waals surface area (Å²) in [5.41, 5.74) is -3.66. The Morgan fingerprint density at radius 2 is 2.06 bits per heavy atom. The van der Waals surface area contributed by atoms with Crippen LogP contribution in [0.5, 0.6) is 0 Å². The summed E-state index contributed by atoms with van der Waals surface area (Å²) < 4.78 is 42.4. The van der Waals surface area contributed by atoms with Crippen LogP contribution < -0.4 is 10.6 Å². The van der Waals surface area contributed by atoms with Crippen LogP contribution in [0, 0.1) is 31.6 Å². The molecular weight excluding hydrogens is 471 g/mol. The van der Waals surface area contributed by atoms with E-state index in [9.17, 15) is 48.3 Å². The van der Waals surface area contributed by atoms with E-state index in [-0.39, 0.29) is 38.2 Å². The Labute approximate surface area is 188 Å². The average molecular weight is 487 g/mol. The van der Waals surface area contributed by atoms with E-state index in [1.165, 1.54) is 6.07 Å². The minimum absolute atomic E-state index is 0.0140. The number of nitrogens with one attached hydrogen (secondary N) is 2. The maximum absolute atomic E-state index is 13.0. The molecule has 1 aromatic rings. The first-order valence-corrected chi connectivity index (χ1v) is 9.69. The molecular formula is C17H16F3N7O7. The SMILES string of the molecule is N#C[C@@]1(OC(=O)C(F)(F)F)CCCN1C(=O)[C@@H]1C[C@H](Nc2ncc([N+](=O)[O-])cc2[N+](=O)[O-])CN1. The second-order valence-corrected chi connectivity index (χ2v) is 7.49. The van der Waals surface area contributed by atoms with Crippen LogP contribution in [-0.4, -0.2) is 68.7 Å². The summed E-state index contributed by atoms with van der Waals surface area (Å²) in [4.78, 5) is 49.1. The molecule has 3 atom stereocenters. The number of likely N-dealkylation sites (tertiary alicyclic amines) is 1. The Balaban J connectivity index is 1.72. The number of hydrogen-bond acceptors (Lipinski definition) is 11. The van der Waals surface area contributed by atoms with E-state index in [2.05, 4.69) is 20.4 Å². The zero-order valence-corrected chi connectivity index (χ0v) is 17.1. The summed E-state index contributed by atoms with van der Waals surface area (Å²) in [6.45, 7) is -0.0504. The van der Waals surface area contributed by atoms with Crippen molar-refractivity contribution in [2.45, 2.75) is 43.2 Å². The van der Waals surface area contributed by atoms with Crippen molar-refractivity contribution < 1.29 is 37.3 Å². The van der Waals surface area contributed by atoms with Gasteiger partial charge in [-0.05, 0) is 12.8 Å². The molecule has 0 aliphatic carbocycles. The molecule has 0 bridgehead atoms. The van der Waals surface area contributed by atoms with Gasteiger partial charge in [-0.2, -0.15) is 18.4 Å². The molecule has 34 heavy (non-hydrogen) atoms. The summed E-state index contributed by atoms with van der Waals surface area (Å²) >= 11 is 0. The first kappa shape index (κ1) is 24.6. The minimum Gasteiger partial charge on any atom is -0.418 e. The molecule has 17 heteroatoms. The molecule has 0 saturated carbocycles. The lowest BCUT2D eigenvalue weighted by Crippen LogP contribution is -2.55. The van der Waals surface area contributed by atoms with Gasteiger partial charge in [-0.25, -0.2) is 9.78 Å². The standard InChI is InChI=1S/C17H16F3N7O7/c18-17(19,20)15(29)34-16(8-21)2-1-3-25(16)14(28)11-4-9(6-22-11)24-13-12(27(32)33)5-10(7-23-13)26(30)31/h5,7,9,11,22H,1-4,6H2,(H,23,24)/t9-,11-,16-/m0/s1. The van der Waals surface area contributed by atoms with Crippen molar-refractivity contribution in [2.75, 3.05) is 18.4 Å². The van der Waals surface area contributed by atoms with Crippen molar-refractivity contribution in [2.24, 2.45) is 0 Å². The lowest BCUT2D eigenvalue weighted by Gasteiger charge is -2.33. The number of rotatable bonds is 6. The fourth-order valence-electron chi connectivity index (χ4n) is 3.74. The lowest BCUT2D eigenvalue weighted by atomic mass is 10.1. The summed E-state index contributed by atoms with van der Waals surface area (Å²) in [7, 11) is 0. The normalized spacial score (nSPS) is 24.4. The number of carbonyl (C=O) groups excluding carboxylic acids is 2. The quantitative estimate of drug-likeness (QED) is 0.330. The van der Waals surface area contributed by atoms with E-state index in [1.54, 1.807) is 0 Å². The Hall–Kier alpha value is -4.07. The number of aromatic nitrogens is 1. The number of ether oxygens (including phenoxy) is 1. The first-order valence-electron chi connectivity index (χ1n) is 9.69. The molecule has 2 aliphatic rings. The molecule has 0 spiro atoms. The molecule has 2 saturated heterocycles. The molecule has 0 unspecified atom stereocenters. The van der Waals surface area contributed by atoms with Gasteiger partial charge in [0.15, 0.2) is 0 Å². The van der Waals surface area contributed by atoms with Crippen LogP contribution in [0.25, 0.3) is 0 Å².